The summed E-state index contributed by atoms with van der Waals surface area (Å²) < 4.78 is 44.8. The largest absolute Gasteiger partial charge is 0.485 e. The van der Waals surface area contributed by atoms with Gasteiger partial charge in [-0.25, -0.2) is 8.42 Å². The van der Waals surface area contributed by atoms with Gasteiger partial charge in [0.15, 0.2) is 11.5 Å². The molecular formula is C20H21ClN2O6S. The number of nitrogens with zero attached hydrogens (tertiary/aromatic N) is 1. The van der Waals surface area contributed by atoms with Crippen LogP contribution in [-0.2, 0) is 19.6 Å². The molecule has 2 aliphatic heterocycles. The van der Waals surface area contributed by atoms with Gasteiger partial charge in [-0.05, 0) is 42.8 Å². The van der Waals surface area contributed by atoms with Gasteiger partial charge in [0.1, 0.15) is 6.61 Å². The van der Waals surface area contributed by atoms with Crippen LogP contribution in [0.4, 0.5) is 5.69 Å². The monoisotopic (exact) mass is 452 g/mol. The molecule has 2 aromatic rings. The first-order chi connectivity index (χ1) is 14.3. The highest BCUT2D eigenvalue weighted by Crippen LogP contribution is 2.35. The van der Waals surface area contributed by atoms with Gasteiger partial charge < -0.3 is 19.1 Å². The number of hydrogen-bond acceptors (Lipinski definition) is 6. The smallest absolute Gasteiger partial charge is 0.267 e. The summed E-state index contributed by atoms with van der Waals surface area (Å²) in [5.41, 5.74) is 1.14. The maximum atomic E-state index is 12.8. The first-order valence-electron chi connectivity index (χ1n) is 9.42. The Kier molecular flexibility index (Phi) is 5.77. The second-order valence-electron chi connectivity index (χ2n) is 7.03. The number of sulfonamides is 1. The van der Waals surface area contributed by atoms with Crippen LogP contribution >= 0.6 is 11.6 Å². The van der Waals surface area contributed by atoms with Gasteiger partial charge in [0.2, 0.25) is 6.10 Å². The van der Waals surface area contributed by atoms with Crippen LogP contribution in [-0.4, -0.2) is 58.2 Å². The van der Waals surface area contributed by atoms with Crippen molar-refractivity contribution in [3.8, 4) is 11.5 Å². The van der Waals surface area contributed by atoms with E-state index in [1.54, 1.807) is 30.0 Å². The van der Waals surface area contributed by atoms with Crippen molar-refractivity contribution in [1.82, 2.24) is 4.90 Å². The van der Waals surface area contributed by atoms with Gasteiger partial charge in [-0.3, -0.25) is 9.52 Å². The summed E-state index contributed by atoms with van der Waals surface area (Å²) >= 11 is 5.93. The lowest BCUT2D eigenvalue weighted by atomic mass is 10.2. The van der Waals surface area contributed by atoms with Crippen LogP contribution in [0.3, 0.4) is 0 Å². The second-order valence-corrected chi connectivity index (χ2v) is 9.15. The van der Waals surface area contributed by atoms with E-state index in [1.807, 2.05) is 0 Å². The highest BCUT2D eigenvalue weighted by Gasteiger charge is 2.32. The molecule has 2 heterocycles. The zero-order valence-electron chi connectivity index (χ0n) is 16.3. The Morgan fingerprint density at radius 1 is 1.13 bits per heavy atom. The van der Waals surface area contributed by atoms with E-state index in [0.717, 1.165) is 0 Å². The highest BCUT2D eigenvalue weighted by atomic mass is 35.5. The lowest BCUT2D eigenvalue weighted by Crippen LogP contribution is -2.50. The number of aryl methyl sites for hydroxylation is 1. The van der Waals surface area contributed by atoms with Crippen molar-refractivity contribution in [2.24, 2.45) is 0 Å². The second kappa shape index (κ2) is 8.33. The minimum Gasteiger partial charge on any atom is -0.485 e. The number of ether oxygens (including phenoxy) is 3. The molecule has 160 valence electrons. The van der Waals surface area contributed by atoms with Crippen LogP contribution in [0.5, 0.6) is 11.5 Å². The molecule has 0 unspecified atom stereocenters. The lowest BCUT2D eigenvalue weighted by molar-refractivity contribution is -0.145. The van der Waals surface area contributed by atoms with Crippen molar-refractivity contribution in [1.29, 1.82) is 0 Å². The SMILES string of the molecule is Cc1cc(Cl)ccc1NS(=O)(=O)c1ccc2c(c1)OC[C@H](C(=O)N1CCOCC1)O2. The number of anilines is 1. The Morgan fingerprint density at radius 2 is 1.90 bits per heavy atom. The number of carbonyl (C=O) groups is 1. The number of carbonyl (C=O) groups excluding carboxylic acids is 1. The molecular weight excluding hydrogens is 432 g/mol. The third kappa shape index (κ3) is 4.33. The summed E-state index contributed by atoms with van der Waals surface area (Å²) in [4.78, 5) is 14.3. The maximum Gasteiger partial charge on any atom is 0.267 e. The lowest BCUT2D eigenvalue weighted by Gasteiger charge is -2.32. The summed E-state index contributed by atoms with van der Waals surface area (Å²) in [5, 5.41) is 0.524. The molecule has 1 fully saturated rings. The number of nitrogens with one attached hydrogen (secondary N) is 1. The van der Waals surface area contributed by atoms with Gasteiger partial charge in [-0.1, -0.05) is 11.6 Å². The Labute approximate surface area is 179 Å². The van der Waals surface area contributed by atoms with Gasteiger partial charge in [0.25, 0.3) is 15.9 Å². The first kappa shape index (κ1) is 20.8. The molecule has 1 N–H and O–H groups in total. The third-order valence-electron chi connectivity index (χ3n) is 4.92. The number of amides is 1. The zero-order chi connectivity index (χ0) is 21.3. The van der Waals surface area contributed by atoms with Crippen molar-refractivity contribution < 1.29 is 27.4 Å². The van der Waals surface area contributed by atoms with Crippen molar-refractivity contribution in [2.75, 3.05) is 37.6 Å². The number of morpholine rings is 1. The quantitative estimate of drug-likeness (QED) is 0.765. The molecule has 0 bridgehead atoms. The Bertz CT molecular complexity index is 1070. The van der Waals surface area contributed by atoms with E-state index < -0.39 is 16.1 Å². The van der Waals surface area contributed by atoms with Crippen molar-refractivity contribution in [2.45, 2.75) is 17.9 Å². The number of halogens is 1. The summed E-state index contributed by atoms with van der Waals surface area (Å²) in [6, 6.07) is 9.19. The molecule has 1 atom stereocenters. The molecule has 8 nitrogen and oxygen atoms in total. The van der Waals surface area contributed by atoms with Gasteiger partial charge in [0, 0.05) is 24.2 Å². The minimum absolute atomic E-state index is 0.0103. The molecule has 10 heteroatoms. The summed E-state index contributed by atoms with van der Waals surface area (Å²) in [6.07, 6.45) is -0.770. The fourth-order valence-electron chi connectivity index (χ4n) is 3.27. The molecule has 1 saturated heterocycles. The molecule has 0 aliphatic carbocycles. The molecule has 0 radical (unpaired) electrons. The molecule has 2 aromatic carbocycles. The highest BCUT2D eigenvalue weighted by molar-refractivity contribution is 7.92. The van der Waals surface area contributed by atoms with E-state index in [1.165, 1.54) is 18.2 Å². The minimum atomic E-state index is -3.85. The van der Waals surface area contributed by atoms with E-state index in [2.05, 4.69) is 4.72 Å². The average Bonchev–Trinajstić information content (AvgIpc) is 2.75. The van der Waals surface area contributed by atoms with Crippen LogP contribution in [0.2, 0.25) is 5.02 Å². The average molecular weight is 453 g/mol. The number of fused-ring (bicyclic) bond motifs is 1. The normalized spacial score (nSPS) is 18.7. The van der Waals surface area contributed by atoms with Crippen molar-refractivity contribution >= 4 is 33.2 Å². The van der Waals surface area contributed by atoms with E-state index in [-0.39, 0.29) is 23.2 Å². The number of rotatable bonds is 4. The van der Waals surface area contributed by atoms with Gasteiger partial charge >= 0.3 is 0 Å². The first-order valence-corrected chi connectivity index (χ1v) is 11.3. The molecule has 30 heavy (non-hydrogen) atoms. The van der Waals surface area contributed by atoms with Crippen molar-refractivity contribution in [3.05, 3.63) is 47.0 Å². The predicted octanol–water partition coefficient (Wildman–Crippen LogP) is 2.45. The Morgan fingerprint density at radius 3 is 2.63 bits per heavy atom. The Balaban J connectivity index is 1.50. The fraction of sp³-hybridized carbons (Fsp3) is 0.350. The van der Waals surface area contributed by atoms with Gasteiger partial charge in [0.05, 0.1) is 23.8 Å². The molecule has 4 rings (SSSR count). The van der Waals surface area contributed by atoms with E-state index >= 15 is 0 Å². The van der Waals surface area contributed by atoms with Crippen LogP contribution < -0.4 is 14.2 Å². The van der Waals surface area contributed by atoms with Crippen molar-refractivity contribution in [3.63, 3.8) is 0 Å². The van der Waals surface area contributed by atoms with E-state index in [4.69, 9.17) is 25.8 Å². The predicted molar refractivity (Wildman–Crippen MR) is 111 cm³/mol. The summed E-state index contributed by atoms with van der Waals surface area (Å²) in [6.45, 7) is 3.79. The van der Waals surface area contributed by atoms with Gasteiger partial charge in [-0.2, -0.15) is 0 Å². The number of benzene rings is 2. The number of hydrogen-bond donors (Lipinski definition) is 1. The zero-order valence-corrected chi connectivity index (χ0v) is 17.8. The molecule has 2 aliphatic rings. The molecule has 0 aromatic heterocycles. The Hall–Kier alpha value is -2.49. The van der Waals surface area contributed by atoms with Crippen LogP contribution in [0, 0.1) is 6.92 Å². The van der Waals surface area contributed by atoms with Gasteiger partial charge in [-0.15, -0.1) is 0 Å². The maximum absolute atomic E-state index is 12.8. The molecule has 0 spiro atoms. The standard InChI is InChI=1S/C20H21ClN2O6S/c1-13-10-14(21)2-4-16(13)22-30(25,26)15-3-5-17-18(11-15)28-12-19(29-17)20(24)23-6-8-27-9-7-23/h2-5,10-11,19,22H,6-9,12H2,1H3/t19-/m1/s1. The van der Waals surface area contributed by atoms with Crippen LogP contribution in [0.15, 0.2) is 41.3 Å². The van der Waals surface area contributed by atoms with Crippen LogP contribution in [0.1, 0.15) is 5.56 Å². The summed E-state index contributed by atoms with van der Waals surface area (Å²) in [5.74, 6) is 0.437. The topological polar surface area (TPSA) is 94.2 Å². The molecule has 0 saturated carbocycles. The molecule has 1 amide bonds. The van der Waals surface area contributed by atoms with E-state index in [0.29, 0.717) is 48.3 Å². The van der Waals surface area contributed by atoms with Crippen LogP contribution in [0.25, 0.3) is 0 Å². The van der Waals surface area contributed by atoms with E-state index in [9.17, 15) is 13.2 Å². The fourth-order valence-corrected chi connectivity index (χ4v) is 4.65. The third-order valence-corrected chi connectivity index (χ3v) is 6.51. The summed E-state index contributed by atoms with van der Waals surface area (Å²) in [7, 11) is -3.85.